The van der Waals surface area contributed by atoms with E-state index in [0.29, 0.717) is 48.2 Å². The number of nitrogens with zero attached hydrogens (tertiary/aromatic N) is 1. The van der Waals surface area contributed by atoms with Crippen LogP contribution in [0.1, 0.15) is 16.1 Å². The Labute approximate surface area is 185 Å². The molecule has 0 unspecified atom stereocenters. The fourth-order valence-corrected chi connectivity index (χ4v) is 5.21. The highest BCUT2D eigenvalue weighted by Crippen LogP contribution is 2.29. The molecular formula is C22H21ClN2O5S. The summed E-state index contributed by atoms with van der Waals surface area (Å²) >= 11 is 6.18. The van der Waals surface area contributed by atoms with E-state index in [0.717, 1.165) is 0 Å². The molecule has 162 valence electrons. The van der Waals surface area contributed by atoms with Crippen LogP contribution < -0.4 is 5.32 Å². The number of sulfonamides is 1. The van der Waals surface area contributed by atoms with Gasteiger partial charge in [-0.3, -0.25) is 4.79 Å². The number of ether oxygens (including phenoxy) is 1. The van der Waals surface area contributed by atoms with Crippen molar-refractivity contribution in [1.82, 2.24) is 9.62 Å². The summed E-state index contributed by atoms with van der Waals surface area (Å²) < 4.78 is 38.4. The summed E-state index contributed by atoms with van der Waals surface area (Å²) in [4.78, 5) is 12.8. The van der Waals surface area contributed by atoms with E-state index in [2.05, 4.69) is 5.32 Å². The highest BCUT2D eigenvalue weighted by Gasteiger charge is 2.28. The van der Waals surface area contributed by atoms with E-state index in [1.165, 1.54) is 4.31 Å². The smallest absolute Gasteiger partial charge is 0.287 e. The summed E-state index contributed by atoms with van der Waals surface area (Å²) in [5, 5.41) is 3.26. The molecule has 31 heavy (non-hydrogen) atoms. The lowest BCUT2D eigenvalue weighted by Crippen LogP contribution is -2.41. The molecule has 0 aliphatic carbocycles. The van der Waals surface area contributed by atoms with Gasteiger partial charge in [0.25, 0.3) is 5.91 Å². The van der Waals surface area contributed by atoms with Gasteiger partial charge in [0.2, 0.25) is 10.0 Å². The molecule has 9 heteroatoms. The molecule has 7 nitrogen and oxygen atoms in total. The fraction of sp³-hybridized carbons (Fsp3) is 0.227. The molecule has 1 saturated heterocycles. The molecule has 2 aromatic carbocycles. The third kappa shape index (κ3) is 4.67. The molecule has 0 atom stereocenters. The number of amides is 1. The third-order valence-corrected chi connectivity index (χ3v) is 7.30. The first-order valence-corrected chi connectivity index (χ1v) is 11.6. The van der Waals surface area contributed by atoms with Crippen LogP contribution >= 0.6 is 11.6 Å². The van der Waals surface area contributed by atoms with Crippen molar-refractivity contribution in [3.8, 4) is 11.3 Å². The van der Waals surface area contributed by atoms with Crippen LogP contribution in [0, 0.1) is 0 Å². The number of rotatable bonds is 6. The van der Waals surface area contributed by atoms with Gasteiger partial charge < -0.3 is 14.5 Å². The van der Waals surface area contributed by atoms with Crippen LogP contribution in [0.25, 0.3) is 11.3 Å². The minimum Gasteiger partial charge on any atom is -0.451 e. The van der Waals surface area contributed by atoms with Crippen molar-refractivity contribution in [1.29, 1.82) is 0 Å². The van der Waals surface area contributed by atoms with E-state index < -0.39 is 15.9 Å². The monoisotopic (exact) mass is 460 g/mol. The molecule has 2 heterocycles. The van der Waals surface area contributed by atoms with Gasteiger partial charge in [0.15, 0.2) is 5.76 Å². The Hall–Kier alpha value is -2.65. The van der Waals surface area contributed by atoms with Gasteiger partial charge in [0.05, 0.1) is 23.1 Å². The van der Waals surface area contributed by atoms with Gasteiger partial charge in [0.1, 0.15) is 5.76 Å². The molecule has 1 N–H and O–H groups in total. The molecule has 3 aromatic rings. The summed E-state index contributed by atoms with van der Waals surface area (Å²) in [5.41, 5.74) is 1.19. The number of benzene rings is 2. The Morgan fingerprint density at radius 1 is 1.00 bits per heavy atom. The fourth-order valence-electron chi connectivity index (χ4n) is 3.36. The average Bonchev–Trinajstić information content (AvgIpc) is 3.29. The van der Waals surface area contributed by atoms with Gasteiger partial charge in [-0.05, 0) is 35.9 Å². The Balaban J connectivity index is 1.49. The minimum atomic E-state index is -3.68. The summed E-state index contributed by atoms with van der Waals surface area (Å²) in [5.74, 6) is 0.145. The van der Waals surface area contributed by atoms with E-state index in [9.17, 15) is 13.2 Å². The van der Waals surface area contributed by atoms with Crippen molar-refractivity contribution in [3.63, 3.8) is 0 Å². The Bertz CT molecular complexity index is 1190. The van der Waals surface area contributed by atoms with Crippen LogP contribution in [0.4, 0.5) is 0 Å². The molecule has 4 rings (SSSR count). The zero-order valence-corrected chi connectivity index (χ0v) is 18.2. The predicted octanol–water partition coefficient (Wildman–Crippen LogP) is 3.55. The maximum atomic E-state index is 13.0. The number of furan rings is 1. The molecule has 1 fully saturated rings. The number of carbonyl (C=O) groups is 1. The highest BCUT2D eigenvalue weighted by atomic mass is 35.5. The molecule has 0 radical (unpaired) electrons. The van der Waals surface area contributed by atoms with Crippen LogP contribution in [0.5, 0.6) is 0 Å². The van der Waals surface area contributed by atoms with Crippen molar-refractivity contribution in [2.24, 2.45) is 0 Å². The van der Waals surface area contributed by atoms with Crippen molar-refractivity contribution < 1.29 is 22.4 Å². The van der Waals surface area contributed by atoms with Gasteiger partial charge in [-0.15, -0.1) is 0 Å². The standard InChI is InChI=1S/C22H21ClN2O5S/c23-18-7-3-2-6-17(18)19-9-10-20(30-19)22(26)24-15-16-5-1-4-8-21(16)31(27,28)25-11-13-29-14-12-25/h1-10H,11-15H2,(H,24,26). The van der Waals surface area contributed by atoms with Crippen molar-refractivity contribution >= 4 is 27.5 Å². The first-order chi connectivity index (χ1) is 15.0. The van der Waals surface area contributed by atoms with Crippen LogP contribution in [0.2, 0.25) is 5.02 Å². The molecular weight excluding hydrogens is 440 g/mol. The van der Waals surface area contributed by atoms with Crippen LogP contribution in [0.3, 0.4) is 0 Å². The summed E-state index contributed by atoms with van der Waals surface area (Å²) in [7, 11) is -3.68. The number of halogens is 1. The van der Waals surface area contributed by atoms with Crippen molar-refractivity contribution in [3.05, 3.63) is 77.0 Å². The van der Waals surface area contributed by atoms with Crippen LogP contribution in [0.15, 0.2) is 70.0 Å². The SMILES string of the molecule is O=C(NCc1ccccc1S(=O)(=O)N1CCOCC1)c1ccc(-c2ccccc2Cl)o1. The summed E-state index contributed by atoms with van der Waals surface area (Å²) in [6.45, 7) is 1.38. The first kappa shape index (κ1) is 21.6. The maximum Gasteiger partial charge on any atom is 0.287 e. The van der Waals surface area contributed by atoms with Crippen LogP contribution in [-0.2, 0) is 21.3 Å². The Morgan fingerprint density at radius 2 is 1.71 bits per heavy atom. The lowest BCUT2D eigenvalue weighted by molar-refractivity contribution is 0.0730. The highest BCUT2D eigenvalue weighted by molar-refractivity contribution is 7.89. The topological polar surface area (TPSA) is 88.9 Å². The van der Waals surface area contributed by atoms with Gasteiger partial charge in [-0.1, -0.05) is 41.9 Å². The predicted molar refractivity (Wildman–Crippen MR) is 116 cm³/mol. The van der Waals surface area contributed by atoms with Gasteiger partial charge in [-0.2, -0.15) is 4.31 Å². The van der Waals surface area contributed by atoms with Gasteiger partial charge in [-0.25, -0.2) is 8.42 Å². The molecule has 1 aliphatic heterocycles. The molecule has 0 saturated carbocycles. The van der Waals surface area contributed by atoms with Crippen molar-refractivity contribution in [2.75, 3.05) is 26.3 Å². The molecule has 0 spiro atoms. The lowest BCUT2D eigenvalue weighted by Gasteiger charge is -2.27. The number of carbonyl (C=O) groups excluding carboxylic acids is 1. The number of morpholine rings is 1. The Kier molecular flexibility index (Phi) is 6.43. The van der Waals surface area contributed by atoms with E-state index in [4.69, 9.17) is 20.8 Å². The van der Waals surface area contributed by atoms with Gasteiger partial charge in [0, 0.05) is 25.2 Å². The van der Waals surface area contributed by atoms with Crippen molar-refractivity contribution in [2.45, 2.75) is 11.4 Å². The zero-order valence-electron chi connectivity index (χ0n) is 16.6. The van der Waals surface area contributed by atoms with E-state index >= 15 is 0 Å². The summed E-state index contributed by atoms with van der Waals surface area (Å²) in [6, 6.07) is 17.1. The normalized spacial score (nSPS) is 15.0. The second-order valence-electron chi connectivity index (χ2n) is 6.95. The minimum absolute atomic E-state index is 0.0424. The quantitative estimate of drug-likeness (QED) is 0.607. The first-order valence-electron chi connectivity index (χ1n) is 9.75. The zero-order chi connectivity index (χ0) is 21.8. The number of nitrogens with one attached hydrogen (secondary N) is 1. The van der Waals surface area contributed by atoms with E-state index in [-0.39, 0.29) is 17.2 Å². The van der Waals surface area contributed by atoms with Gasteiger partial charge >= 0.3 is 0 Å². The van der Waals surface area contributed by atoms with E-state index in [1.54, 1.807) is 48.5 Å². The number of hydrogen-bond donors (Lipinski definition) is 1. The molecule has 1 aliphatic rings. The Morgan fingerprint density at radius 3 is 2.48 bits per heavy atom. The third-order valence-electron chi connectivity index (χ3n) is 4.97. The van der Waals surface area contributed by atoms with E-state index in [1.807, 2.05) is 12.1 Å². The second-order valence-corrected chi connectivity index (χ2v) is 9.26. The molecule has 1 aromatic heterocycles. The molecule has 1 amide bonds. The second kappa shape index (κ2) is 9.23. The lowest BCUT2D eigenvalue weighted by atomic mass is 10.2. The number of hydrogen-bond acceptors (Lipinski definition) is 5. The maximum absolute atomic E-state index is 13.0. The van der Waals surface area contributed by atoms with Crippen LogP contribution in [-0.4, -0.2) is 44.9 Å². The molecule has 0 bridgehead atoms. The summed E-state index contributed by atoms with van der Waals surface area (Å²) in [6.07, 6.45) is 0. The largest absolute Gasteiger partial charge is 0.451 e. The average molecular weight is 461 g/mol.